The lowest BCUT2D eigenvalue weighted by molar-refractivity contribution is -0.149. The van der Waals surface area contributed by atoms with Gasteiger partial charge in [-0.1, -0.05) is 36.8 Å². The molecule has 0 aromatic heterocycles. The van der Waals surface area contributed by atoms with Gasteiger partial charge in [-0.2, -0.15) is 0 Å². The molecule has 1 heterocycles. The number of nitrogens with two attached hydrogens (primary N) is 1. The molecular formula is C18H29Br2N3O3. The van der Waals surface area contributed by atoms with E-state index in [2.05, 4.69) is 0 Å². The van der Waals surface area contributed by atoms with Gasteiger partial charge >= 0.3 is 5.97 Å². The van der Waals surface area contributed by atoms with Crippen LogP contribution in [0.3, 0.4) is 0 Å². The van der Waals surface area contributed by atoms with E-state index in [9.17, 15) is 14.7 Å². The number of carboxylic acid groups (broad SMARTS) is 1. The van der Waals surface area contributed by atoms with E-state index in [1.807, 2.05) is 30.3 Å². The highest BCUT2D eigenvalue weighted by Gasteiger charge is 2.36. The fourth-order valence-corrected chi connectivity index (χ4v) is 3.05. The maximum atomic E-state index is 13.0. The maximum absolute atomic E-state index is 13.0. The number of likely N-dealkylation sites (tertiary alicyclic amines) is 1. The number of aliphatic carboxylic acids is 1. The van der Waals surface area contributed by atoms with Crippen LogP contribution in [-0.2, 0) is 16.1 Å². The second-order valence-electron chi connectivity index (χ2n) is 6.15. The molecule has 6 nitrogen and oxygen atoms in total. The third-order valence-corrected chi connectivity index (χ3v) is 4.37. The minimum Gasteiger partial charge on any atom is -0.480 e. The number of nitrogens with one attached hydrogen (secondary N) is 1. The van der Waals surface area contributed by atoms with Crippen LogP contribution in [0.15, 0.2) is 30.3 Å². The van der Waals surface area contributed by atoms with Crippen LogP contribution >= 0.6 is 34.0 Å². The third kappa shape index (κ3) is 7.34. The first-order valence-electron chi connectivity index (χ1n) is 9.02. The molecule has 2 atom stereocenters. The SMILES string of the molecule is Br.Br.[2H]N(Cc1ccccc1)[C@@H](CCCCN)C(=O)N1CCC[C@H]1C(=O)O. The van der Waals surface area contributed by atoms with Crippen molar-refractivity contribution in [2.75, 3.05) is 13.1 Å². The Labute approximate surface area is 177 Å². The molecule has 8 heteroatoms. The van der Waals surface area contributed by atoms with Crippen LogP contribution in [0.4, 0.5) is 0 Å². The Bertz CT molecular complexity index is 580. The fourth-order valence-electron chi connectivity index (χ4n) is 3.05. The summed E-state index contributed by atoms with van der Waals surface area (Å²) in [5.41, 5.74) is 6.49. The minimum absolute atomic E-state index is 0. The van der Waals surface area contributed by atoms with Gasteiger partial charge in [0.25, 0.3) is 0 Å². The van der Waals surface area contributed by atoms with Crippen LogP contribution in [0.1, 0.15) is 37.7 Å². The van der Waals surface area contributed by atoms with Crippen LogP contribution < -0.4 is 11.0 Å². The Morgan fingerprint density at radius 1 is 1.31 bits per heavy atom. The zero-order chi connectivity index (χ0) is 18.2. The molecule has 1 saturated heterocycles. The quantitative estimate of drug-likeness (QED) is 0.457. The molecule has 0 unspecified atom stereocenters. The number of amides is 1. The summed E-state index contributed by atoms with van der Waals surface area (Å²) < 4.78 is 8.38. The molecule has 1 aromatic carbocycles. The van der Waals surface area contributed by atoms with Crippen LogP contribution in [0.2, 0.25) is 1.41 Å². The molecule has 2 rings (SSSR count). The molecule has 4 N–H and O–H groups in total. The van der Waals surface area contributed by atoms with E-state index in [0.29, 0.717) is 38.9 Å². The first-order valence-corrected chi connectivity index (χ1v) is 8.57. The van der Waals surface area contributed by atoms with Crippen molar-refractivity contribution in [3.8, 4) is 0 Å². The van der Waals surface area contributed by atoms with Gasteiger partial charge in [-0.25, -0.2) is 4.79 Å². The van der Waals surface area contributed by atoms with Gasteiger partial charge in [-0.15, -0.1) is 34.0 Å². The Balaban J connectivity index is 0.00000338. The average molecular weight is 496 g/mol. The van der Waals surface area contributed by atoms with Crippen molar-refractivity contribution in [2.45, 2.75) is 50.7 Å². The molecule has 1 aromatic rings. The van der Waals surface area contributed by atoms with Crippen molar-refractivity contribution in [3.05, 3.63) is 35.9 Å². The summed E-state index contributed by atoms with van der Waals surface area (Å²) in [6.45, 7) is 1.31. The molecule has 1 fully saturated rings. The highest BCUT2D eigenvalue weighted by molar-refractivity contribution is 8.93. The summed E-state index contributed by atoms with van der Waals surface area (Å²) in [6, 6.07) is 8.12. The molecule has 0 spiro atoms. The molecule has 0 radical (unpaired) electrons. The molecule has 0 aliphatic carbocycles. The summed E-state index contributed by atoms with van der Waals surface area (Å²) in [6.07, 6.45) is 3.20. The number of halogens is 2. The summed E-state index contributed by atoms with van der Waals surface area (Å²) >= 11 is 0. The standard InChI is InChI=1S/C18H27N3O3.2BrH/c19-11-5-4-9-15(20-13-14-7-2-1-3-8-14)17(22)21-12-6-10-16(21)18(23)24;;/h1-3,7-8,15-16,20H,4-6,9-13,19H2,(H,23,24);2*1H/t15-,16-;;/m0../s1/i/hD. The van der Waals surface area contributed by atoms with E-state index >= 15 is 0 Å². The number of unbranched alkanes of at least 4 members (excludes halogenated alkanes) is 1. The number of carbonyl (C=O) groups excluding carboxylic acids is 1. The average Bonchev–Trinajstić information content (AvgIpc) is 3.09. The smallest absolute Gasteiger partial charge is 0.326 e. The van der Waals surface area contributed by atoms with Crippen molar-refractivity contribution in [1.82, 2.24) is 10.2 Å². The molecule has 26 heavy (non-hydrogen) atoms. The summed E-state index contributed by atoms with van der Waals surface area (Å²) in [5, 5.41) is 10.6. The fraction of sp³-hybridized carbons (Fsp3) is 0.556. The number of benzene rings is 1. The number of nitrogens with zero attached hydrogens (tertiary/aromatic N) is 1. The van der Waals surface area contributed by atoms with Crippen LogP contribution in [-0.4, -0.2) is 47.1 Å². The largest absolute Gasteiger partial charge is 0.480 e. The van der Waals surface area contributed by atoms with Crippen LogP contribution in [0.25, 0.3) is 0 Å². The van der Waals surface area contributed by atoms with Gasteiger partial charge < -0.3 is 21.0 Å². The van der Waals surface area contributed by atoms with Crippen molar-refractivity contribution in [3.63, 3.8) is 0 Å². The zero-order valence-corrected chi connectivity index (χ0v) is 18.2. The summed E-state index contributed by atoms with van der Waals surface area (Å²) in [4.78, 5) is 25.8. The minimum atomic E-state index is -0.967. The Morgan fingerprint density at radius 2 is 2.00 bits per heavy atom. The van der Waals surface area contributed by atoms with Gasteiger partial charge in [0, 0.05) is 13.1 Å². The summed E-state index contributed by atoms with van der Waals surface area (Å²) in [7, 11) is 0. The van der Waals surface area contributed by atoms with Gasteiger partial charge in [-0.05, 0) is 37.8 Å². The number of hydrogen-bond acceptors (Lipinski definition) is 4. The maximum Gasteiger partial charge on any atom is 0.326 e. The van der Waals surface area contributed by atoms with Gasteiger partial charge in [0.1, 0.15) is 7.45 Å². The van der Waals surface area contributed by atoms with E-state index < -0.39 is 18.1 Å². The van der Waals surface area contributed by atoms with Crippen molar-refractivity contribution in [1.29, 1.82) is 0 Å². The monoisotopic (exact) mass is 494 g/mol. The van der Waals surface area contributed by atoms with Crippen LogP contribution in [0, 0.1) is 0 Å². The Hall–Kier alpha value is -0.960. The zero-order valence-electron chi connectivity index (χ0n) is 15.8. The topological polar surface area (TPSA) is 95.7 Å². The second kappa shape index (κ2) is 13.2. The summed E-state index contributed by atoms with van der Waals surface area (Å²) in [5.74, 6) is -1.22. The van der Waals surface area contributed by atoms with Gasteiger partial charge in [0.05, 0.1) is 6.04 Å². The van der Waals surface area contributed by atoms with Crippen LogP contribution in [0.5, 0.6) is 0 Å². The number of rotatable bonds is 9. The predicted octanol–water partition coefficient (Wildman–Crippen LogP) is 2.51. The normalized spacial score (nSPS) is 17.8. The first kappa shape index (κ1) is 23.1. The van der Waals surface area contributed by atoms with E-state index in [0.717, 1.165) is 18.4 Å². The van der Waals surface area contributed by atoms with Crippen molar-refractivity contribution < 1.29 is 16.1 Å². The lowest BCUT2D eigenvalue weighted by atomic mass is 10.1. The number of carboxylic acids is 1. The molecule has 148 valence electrons. The molecule has 1 aliphatic rings. The van der Waals surface area contributed by atoms with E-state index in [1.165, 1.54) is 10.2 Å². The van der Waals surface area contributed by atoms with E-state index in [-0.39, 0.29) is 39.9 Å². The van der Waals surface area contributed by atoms with Gasteiger partial charge in [0.2, 0.25) is 5.91 Å². The van der Waals surface area contributed by atoms with Gasteiger partial charge in [0.15, 0.2) is 0 Å². The van der Waals surface area contributed by atoms with Crippen molar-refractivity contribution in [2.24, 2.45) is 5.73 Å². The van der Waals surface area contributed by atoms with Crippen molar-refractivity contribution >= 4 is 45.8 Å². The first-order chi connectivity index (χ1) is 12.0. The molecular weight excluding hydrogens is 466 g/mol. The van der Waals surface area contributed by atoms with Gasteiger partial charge in [-0.3, -0.25) is 4.79 Å². The lowest BCUT2D eigenvalue weighted by Crippen LogP contribution is -2.50. The molecule has 1 aliphatic heterocycles. The Morgan fingerprint density at radius 3 is 2.62 bits per heavy atom. The molecule has 1 amide bonds. The second-order valence-corrected chi connectivity index (χ2v) is 6.15. The molecule has 0 saturated carbocycles. The van der Waals surface area contributed by atoms with E-state index in [4.69, 9.17) is 7.15 Å². The lowest BCUT2D eigenvalue weighted by Gasteiger charge is -2.27. The predicted molar refractivity (Wildman–Crippen MR) is 113 cm³/mol. The number of hydrogen-bond donors (Lipinski definition) is 3. The third-order valence-electron chi connectivity index (χ3n) is 4.37. The van der Waals surface area contributed by atoms with E-state index in [1.54, 1.807) is 0 Å². The molecule has 0 bridgehead atoms. The highest BCUT2D eigenvalue weighted by atomic mass is 79.9. The Kier molecular flexibility index (Phi) is 11.8. The highest BCUT2D eigenvalue weighted by Crippen LogP contribution is 2.20. The number of carbonyl (C=O) groups is 2.